The Morgan fingerprint density at radius 1 is 1.12 bits per heavy atom. The van der Waals surface area contributed by atoms with Crippen LogP contribution in [-0.4, -0.2) is 33.3 Å². The van der Waals surface area contributed by atoms with Crippen LogP contribution in [0.4, 0.5) is 0 Å². The van der Waals surface area contributed by atoms with Gasteiger partial charge in [0.2, 0.25) is 0 Å². The van der Waals surface area contributed by atoms with Gasteiger partial charge in [-0.3, -0.25) is 4.55 Å². The quantitative estimate of drug-likeness (QED) is 0.433. The highest BCUT2D eigenvalue weighted by molar-refractivity contribution is 7.87. The average Bonchev–Trinajstić information content (AvgIpc) is 2.16. The van der Waals surface area contributed by atoms with Gasteiger partial charge in [0.1, 0.15) is 0 Å². The summed E-state index contributed by atoms with van der Waals surface area (Å²) < 4.78 is 56.7. The van der Waals surface area contributed by atoms with E-state index in [0.717, 1.165) is 24.3 Å². The van der Waals surface area contributed by atoms with Gasteiger partial charge >= 0.3 is 0 Å². The summed E-state index contributed by atoms with van der Waals surface area (Å²) in [5.74, 6) is 0. The van der Waals surface area contributed by atoms with Gasteiger partial charge < -0.3 is 5.11 Å². The SMILES string of the molecule is O=S(=O)(O)c1cccc(S(=O)(=O)OCO)c1. The second-order valence-corrected chi connectivity index (χ2v) is 5.69. The standard InChI is InChI=1S/C7H8O7S2/c8-5-14-16(12,13)7-3-1-2-6(4-7)15(9,10)11/h1-4,8H,5H2,(H,9,10,11). The van der Waals surface area contributed by atoms with E-state index in [1.165, 1.54) is 0 Å². The van der Waals surface area contributed by atoms with Crippen LogP contribution < -0.4 is 0 Å². The fraction of sp³-hybridized carbons (Fsp3) is 0.143. The zero-order chi connectivity index (χ0) is 12.4. The topological polar surface area (TPSA) is 118 Å². The van der Waals surface area contributed by atoms with Crippen molar-refractivity contribution in [2.24, 2.45) is 0 Å². The fourth-order valence-corrected chi connectivity index (χ4v) is 2.32. The molecule has 0 spiro atoms. The molecular weight excluding hydrogens is 260 g/mol. The second-order valence-electron chi connectivity index (χ2n) is 2.65. The van der Waals surface area contributed by atoms with Crippen LogP contribution in [0.3, 0.4) is 0 Å². The van der Waals surface area contributed by atoms with Crippen molar-refractivity contribution in [3.63, 3.8) is 0 Å². The molecule has 0 atom stereocenters. The van der Waals surface area contributed by atoms with Crippen molar-refractivity contribution in [1.82, 2.24) is 0 Å². The van der Waals surface area contributed by atoms with Crippen LogP contribution in [0, 0.1) is 0 Å². The molecule has 0 fully saturated rings. The van der Waals surface area contributed by atoms with Gasteiger partial charge in [0, 0.05) is 0 Å². The minimum Gasteiger partial charge on any atom is -0.369 e. The van der Waals surface area contributed by atoms with Crippen LogP contribution in [0.25, 0.3) is 0 Å². The van der Waals surface area contributed by atoms with Crippen LogP contribution >= 0.6 is 0 Å². The fourth-order valence-electron chi connectivity index (χ4n) is 0.928. The summed E-state index contributed by atoms with van der Waals surface area (Å²) >= 11 is 0. The van der Waals surface area contributed by atoms with Crippen molar-refractivity contribution in [3.8, 4) is 0 Å². The lowest BCUT2D eigenvalue weighted by Gasteiger charge is -2.03. The highest BCUT2D eigenvalue weighted by Gasteiger charge is 2.18. The second kappa shape index (κ2) is 4.47. The largest absolute Gasteiger partial charge is 0.369 e. The third-order valence-corrected chi connectivity index (χ3v) is 3.70. The number of hydrogen-bond acceptors (Lipinski definition) is 6. The predicted molar refractivity (Wildman–Crippen MR) is 51.6 cm³/mol. The highest BCUT2D eigenvalue weighted by Crippen LogP contribution is 2.17. The molecule has 0 aliphatic heterocycles. The van der Waals surface area contributed by atoms with Crippen LogP contribution in [0.1, 0.15) is 0 Å². The molecule has 0 heterocycles. The maximum absolute atomic E-state index is 11.3. The summed E-state index contributed by atoms with van der Waals surface area (Å²) in [5, 5.41) is 8.32. The molecule has 1 aromatic carbocycles. The summed E-state index contributed by atoms with van der Waals surface area (Å²) in [7, 11) is -8.70. The monoisotopic (exact) mass is 268 g/mol. The molecule has 16 heavy (non-hydrogen) atoms. The molecule has 0 aliphatic rings. The zero-order valence-electron chi connectivity index (χ0n) is 7.77. The van der Waals surface area contributed by atoms with Crippen LogP contribution in [0.5, 0.6) is 0 Å². The first-order valence-electron chi connectivity index (χ1n) is 3.85. The van der Waals surface area contributed by atoms with Crippen LogP contribution in [0.2, 0.25) is 0 Å². The van der Waals surface area contributed by atoms with Gasteiger partial charge in [0.25, 0.3) is 20.2 Å². The highest BCUT2D eigenvalue weighted by atomic mass is 32.2. The van der Waals surface area contributed by atoms with E-state index < -0.39 is 36.8 Å². The molecule has 0 amide bonds. The van der Waals surface area contributed by atoms with E-state index in [-0.39, 0.29) is 0 Å². The van der Waals surface area contributed by atoms with Crippen LogP contribution in [-0.2, 0) is 24.4 Å². The Morgan fingerprint density at radius 2 is 1.69 bits per heavy atom. The number of aliphatic hydroxyl groups is 1. The van der Waals surface area contributed by atoms with Crippen molar-refractivity contribution < 1.29 is 30.7 Å². The molecule has 0 saturated heterocycles. The zero-order valence-corrected chi connectivity index (χ0v) is 9.40. The van der Waals surface area contributed by atoms with Gasteiger partial charge in [0.15, 0.2) is 6.79 Å². The van der Waals surface area contributed by atoms with Gasteiger partial charge in [-0.1, -0.05) is 6.07 Å². The van der Waals surface area contributed by atoms with Gasteiger partial charge in [-0.25, -0.2) is 4.18 Å². The first-order valence-corrected chi connectivity index (χ1v) is 6.70. The Morgan fingerprint density at radius 3 is 2.19 bits per heavy atom. The molecule has 0 radical (unpaired) electrons. The van der Waals surface area contributed by atoms with Gasteiger partial charge in [0.05, 0.1) is 9.79 Å². The number of benzene rings is 1. The molecule has 1 aromatic rings. The lowest BCUT2D eigenvalue weighted by Crippen LogP contribution is -2.08. The number of rotatable bonds is 4. The van der Waals surface area contributed by atoms with Crippen molar-refractivity contribution in [2.45, 2.75) is 9.79 Å². The Kier molecular flexibility index (Phi) is 3.65. The molecule has 7 nitrogen and oxygen atoms in total. The number of hydrogen-bond donors (Lipinski definition) is 2. The Labute approximate surface area is 92.2 Å². The third-order valence-electron chi connectivity index (χ3n) is 1.60. The van der Waals surface area contributed by atoms with E-state index in [1.54, 1.807) is 0 Å². The van der Waals surface area contributed by atoms with Crippen molar-refractivity contribution in [2.75, 3.05) is 6.79 Å². The van der Waals surface area contributed by atoms with Gasteiger partial charge in [-0.2, -0.15) is 16.8 Å². The van der Waals surface area contributed by atoms with Crippen LogP contribution in [0.15, 0.2) is 34.1 Å². The van der Waals surface area contributed by atoms with E-state index >= 15 is 0 Å². The molecule has 1 rings (SSSR count). The molecule has 0 unspecified atom stereocenters. The molecule has 0 aliphatic carbocycles. The average molecular weight is 268 g/mol. The summed E-state index contributed by atoms with van der Waals surface area (Å²) in [6.07, 6.45) is 0. The van der Waals surface area contributed by atoms with E-state index in [2.05, 4.69) is 4.18 Å². The van der Waals surface area contributed by atoms with Crippen molar-refractivity contribution >= 4 is 20.2 Å². The minimum atomic E-state index is -4.48. The molecule has 0 aromatic heterocycles. The molecular formula is C7H8O7S2. The summed E-state index contributed by atoms with van der Waals surface area (Å²) in [6, 6.07) is 3.93. The summed E-state index contributed by atoms with van der Waals surface area (Å²) in [4.78, 5) is -1.05. The van der Waals surface area contributed by atoms with E-state index in [0.29, 0.717) is 0 Å². The Hall–Kier alpha value is -1.00. The molecule has 0 saturated carbocycles. The predicted octanol–water partition coefficient (Wildman–Crippen LogP) is -0.412. The molecule has 2 N–H and O–H groups in total. The maximum Gasteiger partial charge on any atom is 0.299 e. The summed E-state index contributed by atoms with van der Waals surface area (Å²) in [6.45, 7) is -1.06. The molecule has 9 heteroatoms. The van der Waals surface area contributed by atoms with E-state index in [9.17, 15) is 16.8 Å². The maximum atomic E-state index is 11.3. The first kappa shape index (κ1) is 13.1. The Bertz CT molecular complexity index is 573. The molecule has 0 bridgehead atoms. The molecule has 90 valence electrons. The normalized spacial score (nSPS) is 12.6. The smallest absolute Gasteiger partial charge is 0.299 e. The Balaban J connectivity index is 3.29. The first-order chi connectivity index (χ1) is 7.27. The van der Waals surface area contributed by atoms with E-state index in [1.807, 2.05) is 0 Å². The van der Waals surface area contributed by atoms with E-state index in [4.69, 9.17) is 9.66 Å². The third kappa shape index (κ3) is 3.00. The summed E-state index contributed by atoms with van der Waals surface area (Å²) in [5.41, 5.74) is 0. The van der Waals surface area contributed by atoms with Gasteiger partial charge in [-0.05, 0) is 18.2 Å². The van der Waals surface area contributed by atoms with Gasteiger partial charge in [-0.15, -0.1) is 0 Å². The number of aliphatic hydroxyl groups excluding tert-OH is 1. The lowest BCUT2D eigenvalue weighted by molar-refractivity contribution is 0.105. The minimum absolute atomic E-state index is 0.475. The van der Waals surface area contributed by atoms with Crippen molar-refractivity contribution in [1.29, 1.82) is 0 Å². The van der Waals surface area contributed by atoms with Crippen molar-refractivity contribution in [3.05, 3.63) is 24.3 Å². The lowest BCUT2D eigenvalue weighted by atomic mass is 10.4.